The Kier molecular flexibility index (Phi) is 3.14. The van der Waals surface area contributed by atoms with E-state index in [4.69, 9.17) is 11.1 Å². The standard InChI is InChI=1S/C11H13F3N4/c12-11(13,14)6-18(8-1-2-8)9-5-7(10(15)16)3-4-17-9/h3-5,8H,1-2,6H2,(H3,15,16). The predicted molar refractivity (Wildman–Crippen MR) is 61.7 cm³/mol. The van der Waals surface area contributed by atoms with Crippen LogP contribution in [-0.2, 0) is 0 Å². The van der Waals surface area contributed by atoms with E-state index in [1.165, 1.54) is 23.2 Å². The molecule has 98 valence electrons. The van der Waals surface area contributed by atoms with Crippen molar-refractivity contribution >= 4 is 11.7 Å². The van der Waals surface area contributed by atoms with E-state index in [0.29, 0.717) is 5.56 Å². The molecule has 0 bridgehead atoms. The number of hydrogen-bond acceptors (Lipinski definition) is 3. The van der Waals surface area contributed by atoms with Crippen LogP contribution >= 0.6 is 0 Å². The van der Waals surface area contributed by atoms with E-state index >= 15 is 0 Å². The summed E-state index contributed by atoms with van der Waals surface area (Å²) in [6.07, 6.45) is -1.42. The maximum absolute atomic E-state index is 12.5. The number of nitrogens with two attached hydrogens (primary N) is 1. The van der Waals surface area contributed by atoms with Crippen molar-refractivity contribution in [2.45, 2.75) is 25.1 Å². The minimum Gasteiger partial charge on any atom is -0.384 e. The molecule has 1 aliphatic rings. The van der Waals surface area contributed by atoms with Crippen LogP contribution < -0.4 is 10.6 Å². The van der Waals surface area contributed by atoms with Gasteiger partial charge >= 0.3 is 6.18 Å². The highest BCUT2D eigenvalue weighted by atomic mass is 19.4. The number of anilines is 1. The van der Waals surface area contributed by atoms with Gasteiger partial charge in [0.2, 0.25) is 0 Å². The molecule has 1 aromatic heterocycles. The molecule has 1 saturated carbocycles. The van der Waals surface area contributed by atoms with E-state index in [1.807, 2.05) is 0 Å². The van der Waals surface area contributed by atoms with Crippen LogP contribution in [0.5, 0.6) is 0 Å². The topological polar surface area (TPSA) is 66.0 Å². The van der Waals surface area contributed by atoms with E-state index in [2.05, 4.69) is 4.98 Å². The Balaban J connectivity index is 2.25. The number of rotatable bonds is 4. The quantitative estimate of drug-likeness (QED) is 0.640. The van der Waals surface area contributed by atoms with E-state index in [9.17, 15) is 13.2 Å². The summed E-state index contributed by atoms with van der Waals surface area (Å²) in [5.74, 6) is 0.0453. The van der Waals surface area contributed by atoms with Crippen molar-refractivity contribution in [3.63, 3.8) is 0 Å². The number of pyridine rings is 1. The lowest BCUT2D eigenvalue weighted by Gasteiger charge is -2.25. The maximum Gasteiger partial charge on any atom is 0.405 e. The van der Waals surface area contributed by atoms with Crippen LogP contribution in [-0.4, -0.2) is 29.6 Å². The van der Waals surface area contributed by atoms with Crippen LogP contribution in [0.15, 0.2) is 18.3 Å². The molecule has 3 N–H and O–H groups in total. The average molecular weight is 258 g/mol. The van der Waals surface area contributed by atoms with Crippen LogP contribution in [0.1, 0.15) is 18.4 Å². The number of hydrogen-bond donors (Lipinski definition) is 2. The molecule has 0 amide bonds. The Hall–Kier alpha value is -1.79. The van der Waals surface area contributed by atoms with Gasteiger partial charge in [0, 0.05) is 17.8 Å². The molecule has 4 nitrogen and oxygen atoms in total. The SMILES string of the molecule is N=C(N)c1ccnc(N(CC(F)(F)F)C2CC2)c1. The van der Waals surface area contributed by atoms with E-state index < -0.39 is 12.7 Å². The number of aromatic nitrogens is 1. The van der Waals surface area contributed by atoms with Gasteiger partial charge in [-0.3, -0.25) is 5.41 Å². The predicted octanol–water partition coefficient (Wildman–Crippen LogP) is 1.90. The van der Waals surface area contributed by atoms with E-state index in [1.54, 1.807) is 0 Å². The van der Waals surface area contributed by atoms with Crippen LogP contribution in [0.4, 0.5) is 19.0 Å². The molecule has 0 unspecified atom stereocenters. The summed E-state index contributed by atoms with van der Waals surface area (Å²) < 4.78 is 37.5. The highest BCUT2D eigenvalue weighted by Gasteiger charge is 2.38. The third-order valence-electron chi connectivity index (χ3n) is 2.69. The first-order valence-corrected chi connectivity index (χ1v) is 5.50. The second-order valence-corrected chi connectivity index (χ2v) is 4.29. The van der Waals surface area contributed by atoms with E-state index in [0.717, 1.165) is 12.8 Å². The summed E-state index contributed by atoms with van der Waals surface area (Å²) in [7, 11) is 0. The molecular weight excluding hydrogens is 245 g/mol. The van der Waals surface area contributed by atoms with Crippen molar-refractivity contribution in [1.29, 1.82) is 5.41 Å². The van der Waals surface area contributed by atoms with Crippen molar-refractivity contribution in [2.75, 3.05) is 11.4 Å². The van der Waals surface area contributed by atoms with Gasteiger partial charge in [0.25, 0.3) is 0 Å². The van der Waals surface area contributed by atoms with Gasteiger partial charge in [-0.25, -0.2) is 4.98 Å². The first-order valence-electron chi connectivity index (χ1n) is 5.50. The van der Waals surface area contributed by atoms with Crippen molar-refractivity contribution in [1.82, 2.24) is 4.98 Å². The number of alkyl halides is 3. The van der Waals surface area contributed by atoms with Gasteiger partial charge in [0.15, 0.2) is 0 Å². The first kappa shape index (κ1) is 12.7. The lowest BCUT2D eigenvalue weighted by molar-refractivity contribution is -0.120. The third kappa shape index (κ3) is 3.12. The number of amidine groups is 1. The molecule has 0 saturated heterocycles. The van der Waals surface area contributed by atoms with Gasteiger partial charge in [-0.2, -0.15) is 13.2 Å². The number of nitrogens with zero attached hydrogens (tertiary/aromatic N) is 2. The molecule has 0 aromatic carbocycles. The Morgan fingerprint density at radius 2 is 2.17 bits per heavy atom. The smallest absolute Gasteiger partial charge is 0.384 e. The second-order valence-electron chi connectivity index (χ2n) is 4.29. The van der Waals surface area contributed by atoms with Crippen LogP contribution in [0, 0.1) is 5.41 Å². The number of nitrogen functional groups attached to an aromatic ring is 1. The molecule has 0 radical (unpaired) electrons. The Bertz CT molecular complexity index is 454. The van der Waals surface area contributed by atoms with Gasteiger partial charge in [0.05, 0.1) is 0 Å². The summed E-state index contributed by atoms with van der Waals surface area (Å²) in [6.45, 7) is -1.02. The maximum atomic E-state index is 12.5. The minimum atomic E-state index is -4.27. The summed E-state index contributed by atoms with van der Waals surface area (Å²) in [6, 6.07) is 2.82. The molecule has 1 aromatic rings. The number of nitrogens with one attached hydrogen (secondary N) is 1. The molecule has 7 heteroatoms. The molecular formula is C11H13F3N4. The molecule has 1 heterocycles. The second kappa shape index (κ2) is 4.47. The molecule has 18 heavy (non-hydrogen) atoms. The zero-order valence-electron chi connectivity index (χ0n) is 9.54. The van der Waals surface area contributed by atoms with Gasteiger partial charge in [-0.15, -0.1) is 0 Å². The Morgan fingerprint density at radius 1 is 1.50 bits per heavy atom. The molecule has 0 spiro atoms. The molecule has 0 atom stereocenters. The fourth-order valence-corrected chi connectivity index (χ4v) is 1.72. The molecule has 0 aliphatic heterocycles. The summed E-state index contributed by atoms with van der Waals surface area (Å²) >= 11 is 0. The summed E-state index contributed by atoms with van der Waals surface area (Å²) in [4.78, 5) is 5.17. The van der Waals surface area contributed by atoms with Crippen LogP contribution in [0.25, 0.3) is 0 Å². The third-order valence-corrected chi connectivity index (χ3v) is 2.69. The fourth-order valence-electron chi connectivity index (χ4n) is 1.72. The Morgan fingerprint density at radius 3 is 2.67 bits per heavy atom. The lowest BCUT2D eigenvalue weighted by atomic mass is 10.2. The molecule has 1 aliphatic carbocycles. The van der Waals surface area contributed by atoms with Crippen molar-refractivity contribution in [2.24, 2.45) is 5.73 Å². The monoisotopic (exact) mass is 258 g/mol. The van der Waals surface area contributed by atoms with Crippen molar-refractivity contribution in [3.8, 4) is 0 Å². The van der Waals surface area contributed by atoms with E-state index in [-0.39, 0.29) is 17.7 Å². The average Bonchev–Trinajstić information content (AvgIpc) is 3.08. The van der Waals surface area contributed by atoms with Crippen molar-refractivity contribution in [3.05, 3.63) is 23.9 Å². The highest BCUT2D eigenvalue weighted by Crippen LogP contribution is 2.33. The lowest BCUT2D eigenvalue weighted by Crippen LogP contribution is -2.36. The highest BCUT2D eigenvalue weighted by molar-refractivity contribution is 5.95. The minimum absolute atomic E-state index is 0.110. The largest absolute Gasteiger partial charge is 0.405 e. The Labute approximate surface area is 102 Å². The normalized spacial score (nSPS) is 15.5. The fraction of sp³-hybridized carbons (Fsp3) is 0.455. The zero-order chi connectivity index (χ0) is 13.3. The first-order chi connectivity index (χ1) is 8.37. The van der Waals surface area contributed by atoms with Crippen molar-refractivity contribution < 1.29 is 13.2 Å². The van der Waals surface area contributed by atoms with Gasteiger partial charge in [0.1, 0.15) is 18.2 Å². The summed E-state index contributed by atoms with van der Waals surface area (Å²) in [5.41, 5.74) is 5.70. The summed E-state index contributed by atoms with van der Waals surface area (Å²) in [5, 5.41) is 7.29. The van der Waals surface area contributed by atoms with Gasteiger partial charge < -0.3 is 10.6 Å². The molecule has 2 rings (SSSR count). The zero-order valence-corrected chi connectivity index (χ0v) is 9.54. The van der Waals surface area contributed by atoms with Gasteiger partial charge in [-0.05, 0) is 25.0 Å². The van der Waals surface area contributed by atoms with Crippen LogP contribution in [0.3, 0.4) is 0 Å². The number of halogens is 3. The molecule has 1 fully saturated rings. The van der Waals surface area contributed by atoms with Gasteiger partial charge in [-0.1, -0.05) is 0 Å². The van der Waals surface area contributed by atoms with Crippen LogP contribution in [0.2, 0.25) is 0 Å².